The molecular formula is C21H31N3O. The van der Waals surface area contributed by atoms with Crippen LogP contribution in [0.15, 0.2) is 48.8 Å². The average molecular weight is 341 g/mol. The van der Waals surface area contributed by atoms with Crippen molar-refractivity contribution in [2.24, 2.45) is 11.7 Å². The van der Waals surface area contributed by atoms with Gasteiger partial charge in [0.1, 0.15) is 0 Å². The van der Waals surface area contributed by atoms with Crippen molar-refractivity contribution in [1.29, 1.82) is 0 Å². The Hall–Kier alpha value is -2.07. The fourth-order valence-corrected chi connectivity index (χ4v) is 3.49. The summed E-state index contributed by atoms with van der Waals surface area (Å²) in [5.41, 5.74) is 8.70. The van der Waals surface area contributed by atoms with Gasteiger partial charge in [0.25, 0.3) is 5.91 Å². The molecule has 1 heterocycles. The van der Waals surface area contributed by atoms with Gasteiger partial charge in [-0.3, -0.25) is 9.69 Å². The van der Waals surface area contributed by atoms with Crippen LogP contribution in [0.4, 0.5) is 0 Å². The molecule has 1 unspecified atom stereocenters. The number of nitrogens with one attached hydrogen (secondary N) is 1. The van der Waals surface area contributed by atoms with Crippen molar-refractivity contribution in [3.05, 3.63) is 59.9 Å². The minimum absolute atomic E-state index is 0.151. The molecule has 4 nitrogen and oxygen atoms in total. The van der Waals surface area contributed by atoms with Gasteiger partial charge in [-0.1, -0.05) is 30.8 Å². The Bertz CT molecular complexity index is 609. The Morgan fingerprint density at radius 3 is 2.92 bits per heavy atom. The summed E-state index contributed by atoms with van der Waals surface area (Å²) in [6.07, 6.45) is 8.84. The molecule has 1 atom stereocenters. The maximum Gasteiger partial charge on any atom is 0.251 e. The van der Waals surface area contributed by atoms with E-state index < -0.39 is 0 Å². The lowest BCUT2D eigenvalue weighted by molar-refractivity contribution is -0.116. The Balaban J connectivity index is 1.77. The number of likely N-dealkylation sites (tertiary alicyclic amines) is 1. The van der Waals surface area contributed by atoms with Crippen molar-refractivity contribution in [3.8, 4) is 0 Å². The molecule has 136 valence electrons. The van der Waals surface area contributed by atoms with Crippen LogP contribution in [0, 0.1) is 12.8 Å². The molecular weight excluding hydrogens is 310 g/mol. The quantitative estimate of drug-likeness (QED) is 0.749. The Morgan fingerprint density at radius 1 is 1.36 bits per heavy atom. The molecule has 1 aliphatic rings. The molecule has 1 aromatic carbocycles. The van der Waals surface area contributed by atoms with Gasteiger partial charge in [0.05, 0.1) is 0 Å². The van der Waals surface area contributed by atoms with Crippen molar-refractivity contribution in [2.75, 3.05) is 19.6 Å². The number of aryl methyl sites for hydroxylation is 2. The molecule has 1 amide bonds. The van der Waals surface area contributed by atoms with Crippen LogP contribution in [-0.4, -0.2) is 30.4 Å². The first-order valence-electron chi connectivity index (χ1n) is 9.22. The lowest BCUT2D eigenvalue weighted by Gasteiger charge is -2.21. The third-order valence-corrected chi connectivity index (χ3v) is 5.07. The van der Waals surface area contributed by atoms with E-state index in [2.05, 4.69) is 48.0 Å². The molecule has 1 aliphatic heterocycles. The molecule has 0 spiro atoms. The minimum Gasteiger partial charge on any atom is -0.403 e. The first kappa shape index (κ1) is 19.3. The van der Waals surface area contributed by atoms with Crippen LogP contribution < -0.4 is 11.1 Å². The molecule has 0 bridgehead atoms. The number of nitrogens with zero attached hydrogens (tertiary/aromatic N) is 1. The smallest absolute Gasteiger partial charge is 0.251 e. The van der Waals surface area contributed by atoms with E-state index in [0.717, 1.165) is 25.4 Å². The zero-order chi connectivity index (χ0) is 18.1. The van der Waals surface area contributed by atoms with Crippen molar-refractivity contribution in [2.45, 2.75) is 39.0 Å². The maximum atomic E-state index is 11.9. The molecule has 25 heavy (non-hydrogen) atoms. The lowest BCUT2D eigenvalue weighted by atomic mass is 9.92. The molecule has 0 aromatic heterocycles. The van der Waals surface area contributed by atoms with E-state index in [-0.39, 0.29) is 5.91 Å². The fraction of sp³-hybridized carbons (Fsp3) is 0.476. The van der Waals surface area contributed by atoms with Gasteiger partial charge in [-0.15, -0.1) is 0 Å². The maximum absolute atomic E-state index is 11.9. The van der Waals surface area contributed by atoms with Gasteiger partial charge in [-0.2, -0.15) is 0 Å². The van der Waals surface area contributed by atoms with Gasteiger partial charge in [-0.05, 0) is 69.2 Å². The molecule has 3 N–H and O–H groups in total. The van der Waals surface area contributed by atoms with E-state index in [4.69, 9.17) is 5.73 Å². The van der Waals surface area contributed by atoms with Gasteiger partial charge < -0.3 is 11.1 Å². The number of carbonyl (C=O) groups excluding carboxylic acids is 1. The van der Waals surface area contributed by atoms with Gasteiger partial charge in [0.15, 0.2) is 0 Å². The number of benzene rings is 1. The zero-order valence-corrected chi connectivity index (χ0v) is 15.3. The molecule has 0 saturated carbocycles. The second-order valence-corrected chi connectivity index (χ2v) is 6.97. The number of amides is 1. The van der Waals surface area contributed by atoms with Gasteiger partial charge in [0.2, 0.25) is 0 Å². The number of rotatable bonds is 7. The van der Waals surface area contributed by atoms with Crippen LogP contribution in [-0.2, 0) is 11.2 Å². The van der Waals surface area contributed by atoms with Crippen LogP contribution in [0.5, 0.6) is 0 Å². The van der Waals surface area contributed by atoms with E-state index in [1.54, 1.807) is 0 Å². The van der Waals surface area contributed by atoms with Crippen LogP contribution in [0.25, 0.3) is 0 Å². The Labute approximate surface area is 151 Å². The number of carbonyl (C=O) groups is 1. The van der Waals surface area contributed by atoms with Gasteiger partial charge in [-0.25, -0.2) is 0 Å². The molecule has 1 fully saturated rings. The van der Waals surface area contributed by atoms with Crippen LogP contribution >= 0.6 is 0 Å². The number of nitrogens with two attached hydrogens (primary N) is 1. The third-order valence-electron chi connectivity index (χ3n) is 5.07. The topological polar surface area (TPSA) is 58.4 Å². The van der Waals surface area contributed by atoms with E-state index >= 15 is 0 Å². The summed E-state index contributed by atoms with van der Waals surface area (Å²) in [5.74, 6) is 0.619. The highest BCUT2D eigenvalue weighted by atomic mass is 16.1. The number of hydrogen-bond acceptors (Lipinski definition) is 3. The van der Waals surface area contributed by atoms with Crippen LogP contribution in [0.3, 0.4) is 0 Å². The first-order valence-corrected chi connectivity index (χ1v) is 9.22. The van der Waals surface area contributed by atoms with Gasteiger partial charge >= 0.3 is 0 Å². The second kappa shape index (κ2) is 10.0. The highest BCUT2D eigenvalue weighted by Crippen LogP contribution is 2.23. The average Bonchev–Trinajstić information content (AvgIpc) is 2.84. The lowest BCUT2D eigenvalue weighted by Crippen LogP contribution is -2.32. The fourth-order valence-electron chi connectivity index (χ4n) is 3.49. The molecule has 0 aliphatic carbocycles. The highest BCUT2D eigenvalue weighted by molar-refractivity contribution is 5.93. The van der Waals surface area contributed by atoms with Crippen molar-refractivity contribution in [3.63, 3.8) is 0 Å². The summed E-state index contributed by atoms with van der Waals surface area (Å²) in [7, 11) is 0. The normalized spacial score (nSPS) is 18.8. The van der Waals surface area contributed by atoms with Gasteiger partial charge in [0, 0.05) is 24.5 Å². The second-order valence-electron chi connectivity index (χ2n) is 6.97. The van der Waals surface area contributed by atoms with E-state index in [1.807, 2.05) is 0 Å². The molecule has 0 radical (unpaired) electrons. The summed E-state index contributed by atoms with van der Waals surface area (Å²) in [6, 6.07) is 8.68. The SMILES string of the molecule is C=C(CN1CCCC(CCc2ccccc2C)CC1)C(=O)N/C=C\N. The van der Waals surface area contributed by atoms with Crippen LogP contribution in [0.1, 0.15) is 36.8 Å². The van der Waals surface area contributed by atoms with E-state index in [9.17, 15) is 4.79 Å². The van der Waals surface area contributed by atoms with Crippen molar-refractivity contribution < 1.29 is 4.79 Å². The Morgan fingerprint density at radius 2 is 2.16 bits per heavy atom. The van der Waals surface area contributed by atoms with Crippen molar-refractivity contribution in [1.82, 2.24) is 10.2 Å². The standard InChI is InChI=1S/C21H31N3O/c1-17-6-3-4-8-20(17)10-9-19-7-5-14-24(15-11-19)16-18(2)21(25)23-13-12-22/h3-4,6,8,12-13,19H,2,5,7,9-11,14-16,22H2,1H3,(H,23,25)/b13-12-. The van der Waals surface area contributed by atoms with E-state index in [0.29, 0.717) is 12.1 Å². The van der Waals surface area contributed by atoms with E-state index in [1.165, 1.54) is 49.2 Å². The highest BCUT2D eigenvalue weighted by Gasteiger charge is 2.19. The van der Waals surface area contributed by atoms with Crippen LogP contribution in [0.2, 0.25) is 0 Å². The number of hydrogen-bond donors (Lipinski definition) is 2. The molecule has 1 saturated heterocycles. The zero-order valence-electron chi connectivity index (χ0n) is 15.3. The first-order chi connectivity index (χ1) is 12.1. The summed E-state index contributed by atoms with van der Waals surface area (Å²) >= 11 is 0. The largest absolute Gasteiger partial charge is 0.403 e. The monoisotopic (exact) mass is 341 g/mol. The minimum atomic E-state index is -0.151. The predicted octanol–water partition coefficient (Wildman–Crippen LogP) is 3.13. The third kappa shape index (κ3) is 6.39. The predicted molar refractivity (Wildman–Crippen MR) is 104 cm³/mol. The summed E-state index contributed by atoms with van der Waals surface area (Å²) in [6.45, 7) is 8.82. The summed E-state index contributed by atoms with van der Waals surface area (Å²) in [5, 5.41) is 2.62. The summed E-state index contributed by atoms with van der Waals surface area (Å²) < 4.78 is 0. The molecule has 4 heteroatoms. The molecule has 1 aromatic rings. The Kier molecular flexibility index (Phi) is 7.74. The summed E-state index contributed by atoms with van der Waals surface area (Å²) in [4.78, 5) is 14.2. The van der Waals surface area contributed by atoms with Crippen molar-refractivity contribution >= 4 is 5.91 Å². The molecule has 2 rings (SSSR count).